The van der Waals surface area contributed by atoms with Gasteiger partial charge in [-0.05, 0) is 55.5 Å². The number of carbonyl (C=O) groups excluding carboxylic acids is 1. The molecule has 0 aliphatic heterocycles. The van der Waals surface area contributed by atoms with Gasteiger partial charge in [-0.25, -0.2) is 0 Å². The van der Waals surface area contributed by atoms with Crippen LogP contribution in [0.3, 0.4) is 0 Å². The normalized spacial score (nSPS) is 13.0. The highest BCUT2D eigenvalue weighted by Crippen LogP contribution is 2.32. The smallest absolute Gasteiger partial charge is 0.322 e. The van der Waals surface area contributed by atoms with E-state index < -0.39 is 6.29 Å². The molecule has 0 amide bonds. The fourth-order valence-electron chi connectivity index (χ4n) is 2.65. The summed E-state index contributed by atoms with van der Waals surface area (Å²) in [5.41, 5.74) is 0. The zero-order valence-corrected chi connectivity index (χ0v) is 18.2. The van der Waals surface area contributed by atoms with Crippen molar-refractivity contribution in [3.63, 3.8) is 0 Å². The molecule has 0 aliphatic carbocycles. The summed E-state index contributed by atoms with van der Waals surface area (Å²) < 4.78 is 10.9. The zero-order valence-electron chi connectivity index (χ0n) is 15.7. The lowest BCUT2D eigenvalue weighted by Crippen LogP contribution is -2.24. The van der Waals surface area contributed by atoms with E-state index in [-0.39, 0.29) is 21.7 Å². The highest BCUT2D eigenvalue weighted by molar-refractivity contribution is 9.10. The van der Waals surface area contributed by atoms with Crippen molar-refractivity contribution >= 4 is 32.8 Å². The first-order valence-electron chi connectivity index (χ1n) is 9.00. The summed E-state index contributed by atoms with van der Waals surface area (Å²) in [6, 6.07) is 28.9. The van der Waals surface area contributed by atoms with Crippen molar-refractivity contribution in [1.29, 1.82) is 0 Å². The van der Waals surface area contributed by atoms with E-state index in [1.54, 1.807) is 13.8 Å². The van der Waals surface area contributed by atoms with Crippen LogP contribution < -0.4 is 4.74 Å². The molecule has 0 aromatic heterocycles. The average Bonchev–Trinajstić information content (AvgIpc) is 2.71. The van der Waals surface area contributed by atoms with E-state index in [1.807, 2.05) is 24.3 Å². The number of alkyl halides is 1. The van der Waals surface area contributed by atoms with Gasteiger partial charge < -0.3 is 9.47 Å². The second-order valence-corrected chi connectivity index (χ2v) is 9.54. The second-order valence-electron chi connectivity index (χ2n) is 6.14. The highest BCUT2D eigenvalue weighted by atomic mass is 79.9. The summed E-state index contributed by atoms with van der Waals surface area (Å²) in [7, 11) is -0.198. The summed E-state index contributed by atoms with van der Waals surface area (Å²) in [5.74, 6) is 0.315. The minimum absolute atomic E-state index is 0.198. The molecule has 2 unspecified atom stereocenters. The lowest BCUT2D eigenvalue weighted by molar-refractivity contribution is -0.160. The number of hydrogen-bond acceptors (Lipinski definition) is 3. The Balaban J connectivity index is 1.80. The number of halogens is 1. The first-order chi connectivity index (χ1) is 13.5. The Bertz CT molecular complexity index is 843. The standard InChI is InChI=1S/C23H22BrO3S/c1-17(24)23(25)27-18(2)26-19-13-15-22(16-14-19)28(20-9-5-3-6-10-20)21-11-7-4-8-12-21/h3-18H,1-2H3/q+1. The van der Waals surface area contributed by atoms with Crippen LogP contribution in [0.25, 0.3) is 0 Å². The fraction of sp³-hybridized carbons (Fsp3) is 0.174. The van der Waals surface area contributed by atoms with Gasteiger partial charge in [0.1, 0.15) is 10.6 Å². The zero-order chi connectivity index (χ0) is 19.9. The molecule has 0 N–H and O–H groups in total. The van der Waals surface area contributed by atoms with Crippen LogP contribution in [0.2, 0.25) is 0 Å². The van der Waals surface area contributed by atoms with Crippen molar-refractivity contribution in [1.82, 2.24) is 0 Å². The Labute approximate surface area is 177 Å². The van der Waals surface area contributed by atoms with Crippen molar-refractivity contribution in [3.8, 4) is 5.75 Å². The number of ether oxygens (including phenoxy) is 2. The average molecular weight is 458 g/mol. The molecule has 0 saturated carbocycles. The molecule has 3 aromatic carbocycles. The van der Waals surface area contributed by atoms with Gasteiger partial charge in [0, 0.05) is 6.92 Å². The minimum atomic E-state index is -0.653. The second kappa shape index (κ2) is 9.80. The molecule has 5 heteroatoms. The molecule has 144 valence electrons. The fourth-order valence-corrected chi connectivity index (χ4v) is 4.84. The van der Waals surface area contributed by atoms with Gasteiger partial charge in [-0.3, -0.25) is 4.79 Å². The highest BCUT2D eigenvalue weighted by Gasteiger charge is 2.28. The van der Waals surface area contributed by atoms with Crippen LogP contribution in [0.5, 0.6) is 5.75 Å². The summed E-state index contributed by atoms with van der Waals surface area (Å²) in [5, 5.41) is 0. The summed E-state index contributed by atoms with van der Waals surface area (Å²) in [6.45, 7) is 3.43. The van der Waals surface area contributed by atoms with Crippen molar-refractivity contribution < 1.29 is 14.3 Å². The van der Waals surface area contributed by atoms with Gasteiger partial charge in [0.15, 0.2) is 14.7 Å². The van der Waals surface area contributed by atoms with Crippen LogP contribution >= 0.6 is 15.9 Å². The third-order valence-corrected chi connectivity index (χ3v) is 6.53. The van der Waals surface area contributed by atoms with Crippen LogP contribution in [-0.2, 0) is 20.4 Å². The molecule has 0 fully saturated rings. The molecule has 0 heterocycles. The predicted molar refractivity (Wildman–Crippen MR) is 116 cm³/mol. The number of carbonyl (C=O) groups is 1. The van der Waals surface area contributed by atoms with Gasteiger partial charge in [-0.1, -0.05) is 52.3 Å². The van der Waals surface area contributed by atoms with E-state index in [4.69, 9.17) is 9.47 Å². The van der Waals surface area contributed by atoms with Crippen LogP contribution in [0.15, 0.2) is 99.6 Å². The Morgan fingerprint density at radius 3 is 1.71 bits per heavy atom. The SMILES string of the molecule is CC(OC(=O)C(C)Br)Oc1ccc([S+](c2ccccc2)c2ccccc2)cc1. The molecular weight excluding hydrogens is 436 g/mol. The van der Waals surface area contributed by atoms with Crippen molar-refractivity contribution in [2.24, 2.45) is 0 Å². The molecule has 0 saturated heterocycles. The van der Waals surface area contributed by atoms with Gasteiger partial charge >= 0.3 is 5.97 Å². The van der Waals surface area contributed by atoms with E-state index in [1.165, 1.54) is 14.7 Å². The summed E-state index contributed by atoms with van der Waals surface area (Å²) >= 11 is 3.19. The molecule has 3 aromatic rings. The number of esters is 1. The van der Waals surface area contributed by atoms with Gasteiger partial charge in [-0.2, -0.15) is 0 Å². The van der Waals surface area contributed by atoms with Gasteiger partial charge in [0.25, 0.3) is 0 Å². The molecular formula is C23H22BrO3S+. The number of hydrogen-bond donors (Lipinski definition) is 0. The Morgan fingerprint density at radius 2 is 1.25 bits per heavy atom. The predicted octanol–water partition coefficient (Wildman–Crippen LogP) is 5.83. The maximum Gasteiger partial charge on any atom is 0.322 e. The van der Waals surface area contributed by atoms with Gasteiger partial charge in [0.05, 0.1) is 10.9 Å². The third-order valence-electron chi connectivity index (χ3n) is 3.93. The summed E-state index contributed by atoms with van der Waals surface area (Å²) in [4.78, 5) is 15.0. The quantitative estimate of drug-likeness (QED) is 0.193. The Kier molecular flexibility index (Phi) is 7.18. The maximum atomic E-state index is 11.7. The molecule has 2 atom stereocenters. The Hall–Kier alpha value is -2.24. The van der Waals surface area contributed by atoms with Crippen molar-refractivity contribution in [2.75, 3.05) is 0 Å². The van der Waals surface area contributed by atoms with Gasteiger partial charge in [-0.15, -0.1) is 0 Å². The first-order valence-corrected chi connectivity index (χ1v) is 11.1. The largest absolute Gasteiger partial charge is 0.455 e. The number of benzene rings is 3. The van der Waals surface area contributed by atoms with Gasteiger partial charge in [0.2, 0.25) is 6.29 Å². The minimum Gasteiger partial charge on any atom is -0.455 e. The van der Waals surface area contributed by atoms with Crippen LogP contribution in [0.4, 0.5) is 0 Å². The van der Waals surface area contributed by atoms with E-state index in [0.29, 0.717) is 5.75 Å². The lowest BCUT2D eigenvalue weighted by atomic mass is 10.3. The van der Waals surface area contributed by atoms with E-state index in [2.05, 4.69) is 76.6 Å². The maximum absolute atomic E-state index is 11.7. The van der Waals surface area contributed by atoms with E-state index >= 15 is 0 Å². The van der Waals surface area contributed by atoms with E-state index in [9.17, 15) is 4.79 Å². The molecule has 3 rings (SSSR count). The summed E-state index contributed by atoms with van der Waals surface area (Å²) in [6.07, 6.45) is -0.653. The molecule has 0 radical (unpaired) electrons. The third kappa shape index (κ3) is 5.40. The monoisotopic (exact) mass is 457 g/mol. The van der Waals surface area contributed by atoms with Crippen molar-refractivity contribution in [2.45, 2.75) is 39.7 Å². The van der Waals surface area contributed by atoms with Crippen LogP contribution in [-0.4, -0.2) is 17.1 Å². The Morgan fingerprint density at radius 1 is 0.786 bits per heavy atom. The molecule has 3 nitrogen and oxygen atoms in total. The molecule has 0 spiro atoms. The van der Waals surface area contributed by atoms with E-state index in [0.717, 1.165) is 0 Å². The van der Waals surface area contributed by atoms with Crippen LogP contribution in [0, 0.1) is 0 Å². The molecule has 28 heavy (non-hydrogen) atoms. The first kappa shape index (κ1) is 20.5. The lowest BCUT2D eigenvalue weighted by Gasteiger charge is -2.16. The topological polar surface area (TPSA) is 35.5 Å². The van der Waals surface area contributed by atoms with Crippen LogP contribution in [0.1, 0.15) is 13.8 Å². The number of rotatable bonds is 7. The van der Waals surface area contributed by atoms with Crippen molar-refractivity contribution in [3.05, 3.63) is 84.9 Å². The molecule has 0 aliphatic rings. The molecule has 0 bridgehead atoms.